The smallest absolute Gasteiger partial charge is 0.0485 e. The number of hydrogen-bond acceptors (Lipinski definition) is 2. The first-order chi connectivity index (χ1) is 9.81. The predicted molar refractivity (Wildman–Crippen MR) is 83.2 cm³/mol. The zero-order chi connectivity index (χ0) is 13.9. The van der Waals surface area contributed by atoms with E-state index in [1.807, 2.05) is 13.2 Å². The lowest BCUT2D eigenvalue weighted by Gasteiger charge is -2.29. The number of fused-ring (bicyclic) bond motifs is 2. The Hall–Kier alpha value is -1.67. The van der Waals surface area contributed by atoms with Crippen molar-refractivity contribution in [3.8, 4) is 0 Å². The topological polar surface area (TPSA) is 24.9 Å². The molecule has 0 fully saturated rings. The number of nitrogens with zero attached hydrogens (tertiary/aromatic N) is 1. The quantitative estimate of drug-likeness (QED) is 0.902. The summed E-state index contributed by atoms with van der Waals surface area (Å²) in [7, 11) is 2.03. The Bertz CT molecular complexity index is 591. The van der Waals surface area contributed by atoms with Gasteiger partial charge in [-0.2, -0.15) is 0 Å². The molecule has 0 amide bonds. The van der Waals surface area contributed by atoms with Crippen LogP contribution in [0.1, 0.15) is 41.1 Å². The van der Waals surface area contributed by atoms with Crippen LogP contribution in [0.4, 0.5) is 0 Å². The third-order valence-corrected chi connectivity index (χ3v) is 4.51. The summed E-state index contributed by atoms with van der Waals surface area (Å²) in [5.74, 6) is 0.935. The maximum atomic E-state index is 4.70. The van der Waals surface area contributed by atoms with Crippen molar-refractivity contribution in [2.75, 3.05) is 13.6 Å². The van der Waals surface area contributed by atoms with Crippen LogP contribution in [0, 0.1) is 0 Å². The van der Waals surface area contributed by atoms with Gasteiger partial charge in [0, 0.05) is 24.4 Å². The number of nitrogens with one attached hydrogen (secondary N) is 1. The highest BCUT2D eigenvalue weighted by Crippen LogP contribution is 2.37. The Morgan fingerprint density at radius 3 is 2.70 bits per heavy atom. The Morgan fingerprint density at radius 1 is 1.10 bits per heavy atom. The summed E-state index contributed by atoms with van der Waals surface area (Å²) in [6, 6.07) is 13.2. The molecule has 1 aromatic heterocycles. The van der Waals surface area contributed by atoms with Crippen LogP contribution in [0.15, 0.2) is 42.6 Å². The van der Waals surface area contributed by atoms with Crippen molar-refractivity contribution >= 4 is 0 Å². The van der Waals surface area contributed by atoms with E-state index in [0.717, 1.165) is 19.4 Å². The minimum atomic E-state index is 0.442. The fraction of sp³-hybridized carbons (Fsp3) is 0.389. The molecule has 0 radical (unpaired) electrons. The van der Waals surface area contributed by atoms with Gasteiger partial charge in [0.1, 0.15) is 0 Å². The monoisotopic (exact) mass is 266 g/mol. The summed E-state index contributed by atoms with van der Waals surface area (Å²) in [5, 5.41) is 3.35. The number of aryl methyl sites for hydroxylation is 2. The van der Waals surface area contributed by atoms with Gasteiger partial charge >= 0.3 is 0 Å². The molecule has 1 aromatic carbocycles. The molecular weight excluding hydrogens is 244 g/mol. The lowest BCUT2D eigenvalue weighted by atomic mass is 9.78. The maximum Gasteiger partial charge on any atom is 0.0485 e. The van der Waals surface area contributed by atoms with E-state index in [2.05, 4.69) is 48.6 Å². The first-order valence-corrected chi connectivity index (χ1v) is 7.47. The standard InChI is InChI=1S/C18H22N2/c1-13-16-8-4-3-6-14(16)9-10-15-7-5-11-20-18(15)17(13)12-19-2/h3-8,11,13,17,19H,9-10,12H2,1-2H3/t13-,17-/m1/s1. The third kappa shape index (κ3) is 2.36. The van der Waals surface area contributed by atoms with Crippen molar-refractivity contribution in [3.05, 3.63) is 65.0 Å². The average molecular weight is 266 g/mol. The van der Waals surface area contributed by atoms with Crippen LogP contribution in [0.25, 0.3) is 0 Å². The van der Waals surface area contributed by atoms with Crippen LogP contribution in [-0.4, -0.2) is 18.6 Å². The molecule has 2 heteroatoms. The van der Waals surface area contributed by atoms with Gasteiger partial charge in [-0.05, 0) is 48.6 Å². The van der Waals surface area contributed by atoms with Crippen LogP contribution in [0.2, 0.25) is 0 Å². The molecule has 0 saturated carbocycles. The van der Waals surface area contributed by atoms with Gasteiger partial charge in [-0.25, -0.2) is 0 Å². The SMILES string of the molecule is CNC[C@H]1c2ncccc2CCc2ccccc2[C@H]1C. The molecule has 2 aromatic rings. The van der Waals surface area contributed by atoms with Gasteiger partial charge in [0.25, 0.3) is 0 Å². The molecule has 1 N–H and O–H groups in total. The maximum absolute atomic E-state index is 4.70. The van der Waals surface area contributed by atoms with Crippen molar-refractivity contribution in [1.82, 2.24) is 10.3 Å². The average Bonchev–Trinajstić information content (AvgIpc) is 2.49. The van der Waals surface area contributed by atoms with Crippen LogP contribution >= 0.6 is 0 Å². The minimum Gasteiger partial charge on any atom is -0.319 e. The summed E-state index contributed by atoms with van der Waals surface area (Å²) in [6.07, 6.45) is 4.14. The molecule has 20 heavy (non-hydrogen) atoms. The van der Waals surface area contributed by atoms with E-state index in [4.69, 9.17) is 4.98 Å². The molecule has 0 spiro atoms. The van der Waals surface area contributed by atoms with Crippen LogP contribution in [0.3, 0.4) is 0 Å². The van der Waals surface area contributed by atoms with E-state index in [0.29, 0.717) is 11.8 Å². The first kappa shape index (κ1) is 13.3. The zero-order valence-corrected chi connectivity index (χ0v) is 12.3. The lowest BCUT2D eigenvalue weighted by molar-refractivity contribution is 0.519. The molecule has 2 nitrogen and oxygen atoms in total. The highest BCUT2D eigenvalue weighted by atomic mass is 14.8. The third-order valence-electron chi connectivity index (χ3n) is 4.51. The Labute approximate surface area is 121 Å². The second kappa shape index (κ2) is 5.76. The normalized spacial score (nSPS) is 21.5. The summed E-state index contributed by atoms with van der Waals surface area (Å²) in [6.45, 7) is 3.31. The van der Waals surface area contributed by atoms with Gasteiger partial charge in [0.15, 0.2) is 0 Å². The highest BCUT2D eigenvalue weighted by Gasteiger charge is 2.27. The molecule has 104 valence electrons. The molecule has 0 aliphatic heterocycles. The summed E-state index contributed by atoms with van der Waals surface area (Å²) in [4.78, 5) is 4.70. The first-order valence-electron chi connectivity index (χ1n) is 7.47. The van der Waals surface area contributed by atoms with Gasteiger partial charge in [-0.3, -0.25) is 4.98 Å². The molecule has 0 bridgehead atoms. The van der Waals surface area contributed by atoms with E-state index >= 15 is 0 Å². The molecular formula is C18H22N2. The number of hydrogen-bond donors (Lipinski definition) is 1. The van der Waals surface area contributed by atoms with Gasteiger partial charge in [0.2, 0.25) is 0 Å². The zero-order valence-electron chi connectivity index (χ0n) is 12.3. The van der Waals surface area contributed by atoms with E-state index in [1.54, 1.807) is 0 Å². The van der Waals surface area contributed by atoms with Crippen molar-refractivity contribution in [2.24, 2.45) is 0 Å². The van der Waals surface area contributed by atoms with Crippen molar-refractivity contribution in [1.29, 1.82) is 0 Å². The highest BCUT2D eigenvalue weighted by molar-refractivity contribution is 5.38. The fourth-order valence-corrected chi connectivity index (χ4v) is 3.42. The van der Waals surface area contributed by atoms with Crippen molar-refractivity contribution in [2.45, 2.75) is 31.6 Å². The van der Waals surface area contributed by atoms with E-state index in [-0.39, 0.29) is 0 Å². The van der Waals surface area contributed by atoms with Crippen molar-refractivity contribution < 1.29 is 0 Å². The number of rotatable bonds is 2. The molecule has 0 saturated heterocycles. The lowest BCUT2D eigenvalue weighted by Crippen LogP contribution is -2.25. The van der Waals surface area contributed by atoms with Crippen molar-refractivity contribution in [3.63, 3.8) is 0 Å². The Balaban J connectivity index is 2.09. The summed E-state index contributed by atoms with van der Waals surface area (Å²) >= 11 is 0. The molecule has 1 heterocycles. The Morgan fingerprint density at radius 2 is 1.85 bits per heavy atom. The molecule has 1 aliphatic rings. The molecule has 3 rings (SSSR count). The summed E-state index contributed by atoms with van der Waals surface area (Å²) in [5.41, 5.74) is 5.68. The number of likely N-dealkylation sites (N-methyl/N-ethyl adjacent to an activating group) is 1. The van der Waals surface area contributed by atoms with E-state index in [9.17, 15) is 0 Å². The van der Waals surface area contributed by atoms with Gasteiger partial charge in [-0.1, -0.05) is 37.3 Å². The second-order valence-corrected chi connectivity index (χ2v) is 5.70. The minimum absolute atomic E-state index is 0.442. The van der Waals surface area contributed by atoms with Gasteiger partial charge in [0.05, 0.1) is 0 Å². The van der Waals surface area contributed by atoms with Crippen LogP contribution in [0.5, 0.6) is 0 Å². The largest absolute Gasteiger partial charge is 0.319 e. The molecule has 0 unspecified atom stereocenters. The molecule has 1 aliphatic carbocycles. The van der Waals surface area contributed by atoms with Gasteiger partial charge in [-0.15, -0.1) is 0 Å². The number of aromatic nitrogens is 1. The van der Waals surface area contributed by atoms with Crippen LogP contribution in [-0.2, 0) is 12.8 Å². The van der Waals surface area contributed by atoms with E-state index < -0.39 is 0 Å². The van der Waals surface area contributed by atoms with E-state index in [1.165, 1.54) is 22.4 Å². The fourth-order valence-electron chi connectivity index (χ4n) is 3.42. The second-order valence-electron chi connectivity index (χ2n) is 5.70. The number of benzene rings is 1. The summed E-state index contributed by atoms with van der Waals surface area (Å²) < 4.78 is 0. The van der Waals surface area contributed by atoms with Crippen LogP contribution < -0.4 is 5.32 Å². The molecule has 2 atom stereocenters. The number of pyridine rings is 1. The Kier molecular flexibility index (Phi) is 3.83. The predicted octanol–water partition coefficient (Wildman–Crippen LogP) is 3.29. The van der Waals surface area contributed by atoms with Gasteiger partial charge < -0.3 is 5.32 Å².